The van der Waals surface area contributed by atoms with Crippen LogP contribution in [0, 0.1) is 0 Å². The summed E-state index contributed by atoms with van der Waals surface area (Å²) in [5.41, 5.74) is 1.07. The van der Waals surface area contributed by atoms with Gasteiger partial charge in [-0.2, -0.15) is 0 Å². The number of amides is 2. The zero-order valence-corrected chi connectivity index (χ0v) is 14.3. The molecule has 24 heavy (non-hydrogen) atoms. The Labute approximate surface area is 145 Å². The molecular formula is C17H22N4O2S. The number of thiazole rings is 1. The van der Waals surface area contributed by atoms with Gasteiger partial charge in [0.15, 0.2) is 5.13 Å². The van der Waals surface area contributed by atoms with Gasteiger partial charge < -0.3 is 15.3 Å². The highest BCUT2D eigenvalue weighted by atomic mass is 32.1. The second-order valence-corrected chi connectivity index (χ2v) is 6.92. The number of urea groups is 1. The van der Waals surface area contributed by atoms with Crippen molar-refractivity contribution < 1.29 is 9.90 Å². The molecule has 1 aliphatic rings. The summed E-state index contributed by atoms with van der Waals surface area (Å²) in [5.74, 6) is 0. The van der Waals surface area contributed by atoms with Gasteiger partial charge in [-0.1, -0.05) is 41.7 Å². The van der Waals surface area contributed by atoms with E-state index < -0.39 is 6.10 Å². The van der Waals surface area contributed by atoms with Gasteiger partial charge in [-0.3, -0.25) is 5.32 Å². The molecule has 1 saturated heterocycles. The number of β-amino-alcohol motifs (C(OH)–C–C–N with tert-alkyl or cyclic N) is 1. The molecule has 1 atom stereocenters. The molecule has 0 bridgehead atoms. The van der Waals surface area contributed by atoms with Crippen LogP contribution in [-0.2, 0) is 0 Å². The number of nitrogens with zero attached hydrogens (tertiary/aromatic N) is 2. The Kier molecular flexibility index (Phi) is 5.79. The van der Waals surface area contributed by atoms with Crippen LogP contribution in [0.4, 0.5) is 9.93 Å². The minimum atomic E-state index is -0.551. The number of rotatable bonds is 6. The summed E-state index contributed by atoms with van der Waals surface area (Å²) in [6, 6.07) is 9.57. The highest BCUT2D eigenvalue weighted by Crippen LogP contribution is 2.28. The summed E-state index contributed by atoms with van der Waals surface area (Å²) in [5, 5.41) is 15.9. The highest BCUT2D eigenvalue weighted by molar-refractivity contribution is 7.19. The topological polar surface area (TPSA) is 77.5 Å². The largest absolute Gasteiger partial charge is 0.390 e. The van der Waals surface area contributed by atoms with Gasteiger partial charge in [0.05, 0.1) is 11.0 Å². The second kappa shape index (κ2) is 8.23. The van der Waals surface area contributed by atoms with Crippen LogP contribution in [0.1, 0.15) is 12.8 Å². The molecule has 2 aromatic rings. The van der Waals surface area contributed by atoms with Gasteiger partial charge in [-0.15, -0.1) is 0 Å². The number of aliphatic hydroxyl groups excluding tert-OH is 1. The fraction of sp³-hybridized carbons (Fsp3) is 0.412. The standard InChI is InChI=1S/C17H22N4O2S/c22-14(12-21-8-4-5-9-21)10-18-16(23)20-17-19-11-15(24-17)13-6-2-1-3-7-13/h1-3,6-7,11,14,22H,4-5,8-10,12H2,(H2,18,19,20,23). The molecule has 1 aromatic carbocycles. The summed E-state index contributed by atoms with van der Waals surface area (Å²) >= 11 is 1.42. The number of hydrogen-bond donors (Lipinski definition) is 3. The van der Waals surface area contributed by atoms with Crippen molar-refractivity contribution in [3.05, 3.63) is 36.5 Å². The van der Waals surface area contributed by atoms with Gasteiger partial charge in [0.1, 0.15) is 0 Å². The van der Waals surface area contributed by atoms with E-state index in [1.807, 2.05) is 30.3 Å². The third-order valence-corrected chi connectivity index (χ3v) is 4.91. The van der Waals surface area contributed by atoms with Crippen LogP contribution in [0.5, 0.6) is 0 Å². The van der Waals surface area contributed by atoms with Gasteiger partial charge in [0.2, 0.25) is 0 Å². The maximum atomic E-state index is 11.9. The molecule has 0 aliphatic carbocycles. The second-order valence-electron chi connectivity index (χ2n) is 5.89. The molecule has 7 heteroatoms. The lowest BCUT2D eigenvalue weighted by molar-refractivity contribution is 0.125. The summed E-state index contributed by atoms with van der Waals surface area (Å²) < 4.78 is 0. The maximum absolute atomic E-state index is 11.9. The van der Waals surface area contributed by atoms with Crippen molar-refractivity contribution in [2.45, 2.75) is 18.9 Å². The Morgan fingerprint density at radius 1 is 1.29 bits per heavy atom. The van der Waals surface area contributed by atoms with E-state index in [4.69, 9.17) is 0 Å². The van der Waals surface area contributed by atoms with Crippen molar-refractivity contribution in [3.63, 3.8) is 0 Å². The van der Waals surface area contributed by atoms with Crippen molar-refractivity contribution >= 4 is 22.5 Å². The first kappa shape index (κ1) is 16.9. The van der Waals surface area contributed by atoms with Crippen molar-refractivity contribution in [3.8, 4) is 10.4 Å². The third kappa shape index (κ3) is 4.77. The van der Waals surface area contributed by atoms with Crippen LogP contribution in [-0.4, -0.2) is 53.3 Å². The van der Waals surface area contributed by atoms with Crippen molar-refractivity contribution in [2.24, 2.45) is 0 Å². The van der Waals surface area contributed by atoms with E-state index in [-0.39, 0.29) is 12.6 Å². The number of carbonyl (C=O) groups is 1. The fourth-order valence-electron chi connectivity index (χ4n) is 2.75. The smallest absolute Gasteiger partial charge is 0.321 e. The number of hydrogen-bond acceptors (Lipinski definition) is 5. The SMILES string of the molecule is O=C(NCC(O)CN1CCCC1)Nc1ncc(-c2ccccc2)s1. The number of anilines is 1. The Hall–Kier alpha value is -1.96. The Morgan fingerprint density at radius 2 is 2.04 bits per heavy atom. The molecule has 0 saturated carbocycles. The zero-order valence-electron chi connectivity index (χ0n) is 13.4. The van der Waals surface area contributed by atoms with Crippen LogP contribution < -0.4 is 10.6 Å². The highest BCUT2D eigenvalue weighted by Gasteiger charge is 2.16. The lowest BCUT2D eigenvalue weighted by Gasteiger charge is -2.19. The molecular weight excluding hydrogens is 324 g/mol. The van der Waals surface area contributed by atoms with Crippen molar-refractivity contribution in [1.82, 2.24) is 15.2 Å². The number of nitrogens with one attached hydrogen (secondary N) is 2. The number of aliphatic hydroxyl groups is 1. The van der Waals surface area contributed by atoms with Crippen LogP contribution in [0.3, 0.4) is 0 Å². The molecule has 3 N–H and O–H groups in total. The molecule has 1 aromatic heterocycles. The normalized spacial score (nSPS) is 16.0. The maximum Gasteiger partial charge on any atom is 0.321 e. The number of carbonyl (C=O) groups excluding carboxylic acids is 1. The van der Waals surface area contributed by atoms with Crippen LogP contribution in [0.2, 0.25) is 0 Å². The quantitative estimate of drug-likeness (QED) is 0.750. The summed E-state index contributed by atoms with van der Waals surface area (Å²) in [4.78, 5) is 19.4. The van der Waals surface area contributed by atoms with Gasteiger partial charge >= 0.3 is 6.03 Å². The predicted octanol–water partition coefficient (Wildman–Crippen LogP) is 2.39. The zero-order chi connectivity index (χ0) is 16.8. The summed E-state index contributed by atoms with van der Waals surface area (Å²) in [7, 11) is 0. The van der Waals surface area contributed by atoms with Crippen molar-refractivity contribution in [1.29, 1.82) is 0 Å². The molecule has 0 spiro atoms. The first-order chi connectivity index (χ1) is 11.7. The lowest BCUT2D eigenvalue weighted by atomic mass is 10.2. The minimum Gasteiger partial charge on any atom is -0.390 e. The van der Waals surface area contributed by atoms with Gasteiger partial charge in [0.25, 0.3) is 0 Å². The molecule has 2 heterocycles. The first-order valence-electron chi connectivity index (χ1n) is 8.17. The van der Waals surface area contributed by atoms with E-state index in [0.29, 0.717) is 11.7 Å². The van der Waals surface area contributed by atoms with E-state index in [1.165, 1.54) is 24.2 Å². The molecule has 2 amide bonds. The van der Waals surface area contributed by atoms with Crippen LogP contribution >= 0.6 is 11.3 Å². The van der Waals surface area contributed by atoms with E-state index in [0.717, 1.165) is 23.5 Å². The number of aromatic nitrogens is 1. The summed E-state index contributed by atoms with van der Waals surface area (Å²) in [6.07, 6.45) is 3.57. The molecule has 6 nitrogen and oxygen atoms in total. The fourth-order valence-corrected chi connectivity index (χ4v) is 3.56. The summed E-state index contributed by atoms with van der Waals surface area (Å²) in [6.45, 7) is 2.91. The van der Waals surface area contributed by atoms with E-state index in [2.05, 4.69) is 20.5 Å². The monoisotopic (exact) mass is 346 g/mol. The Bertz CT molecular complexity index is 656. The first-order valence-corrected chi connectivity index (χ1v) is 8.99. The van der Waals surface area contributed by atoms with Crippen LogP contribution in [0.25, 0.3) is 10.4 Å². The van der Waals surface area contributed by atoms with Gasteiger partial charge in [-0.25, -0.2) is 9.78 Å². The van der Waals surface area contributed by atoms with Gasteiger partial charge in [-0.05, 0) is 31.5 Å². The number of likely N-dealkylation sites (tertiary alicyclic amines) is 1. The molecule has 1 fully saturated rings. The third-order valence-electron chi connectivity index (χ3n) is 3.95. The molecule has 0 radical (unpaired) electrons. The lowest BCUT2D eigenvalue weighted by Crippen LogP contribution is -2.40. The molecule has 128 valence electrons. The average molecular weight is 346 g/mol. The Morgan fingerprint density at radius 3 is 2.79 bits per heavy atom. The van der Waals surface area contributed by atoms with Gasteiger partial charge in [0, 0.05) is 19.3 Å². The Balaban J connectivity index is 1.44. The van der Waals surface area contributed by atoms with Crippen LogP contribution in [0.15, 0.2) is 36.5 Å². The molecule has 1 unspecified atom stereocenters. The minimum absolute atomic E-state index is 0.235. The average Bonchev–Trinajstić information content (AvgIpc) is 3.26. The predicted molar refractivity (Wildman–Crippen MR) is 96.3 cm³/mol. The number of benzene rings is 1. The molecule has 1 aliphatic heterocycles. The van der Waals surface area contributed by atoms with E-state index in [9.17, 15) is 9.90 Å². The van der Waals surface area contributed by atoms with E-state index in [1.54, 1.807) is 6.20 Å². The molecule has 3 rings (SSSR count). The van der Waals surface area contributed by atoms with Crippen molar-refractivity contribution in [2.75, 3.05) is 31.5 Å². The van der Waals surface area contributed by atoms with E-state index >= 15 is 0 Å².